The minimum atomic E-state index is -0.477. The smallest absolute Gasteiger partial charge is 0.410 e. The highest BCUT2D eigenvalue weighted by Crippen LogP contribution is 2.28. The van der Waals surface area contributed by atoms with E-state index in [2.05, 4.69) is 10.2 Å². The number of ether oxygens (including phenoxy) is 2. The largest absolute Gasteiger partial charge is 0.449 e. The number of likely N-dealkylation sites (tertiary alicyclic amines) is 1. The van der Waals surface area contributed by atoms with Crippen molar-refractivity contribution in [1.82, 2.24) is 15.1 Å². The van der Waals surface area contributed by atoms with E-state index < -0.39 is 5.60 Å². The van der Waals surface area contributed by atoms with Gasteiger partial charge in [0, 0.05) is 37.8 Å². The number of nitrogens with one attached hydrogen (secondary N) is 1. The first-order chi connectivity index (χ1) is 12.8. The lowest BCUT2D eigenvalue weighted by Crippen LogP contribution is -2.57. The van der Waals surface area contributed by atoms with Gasteiger partial charge in [0.25, 0.3) is 0 Å². The molecule has 1 N–H and O–H groups in total. The second kappa shape index (κ2) is 8.67. The van der Waals surface area contributed by atoms with Crippen LogP contribution in [0.2, 0.25) is 0 Å². The third-order valence-corrected chi connectivity index (χ3v) is 5.84. The van der Waals surface area contributed by atoms with E-state index in [1.54, 1.807) is 0 Å². The number of hydrogen-bond acceptors (Lipinski definition) is 5. The molecule has 7 heteroatoms. The zero-order chi connectivity index (χ0) is 19.4. The number of amides is 2. The van der Waals surface area contributed by atoms with Crippen LogP contribution in [-0.2, 0) is 9.47 Å². The number of piperidine rings is 1. The molecule has 0 aromatic carbocycles. The SMILES string of the molecule is CC(C)(C)OC(=O)N[C@H]1CCCC[C@@H]1N1CCC(N2CCCOC2=O)CC1. The molecule has 0 radical (unpaired) electrons. The van der Waals surface area contributed by atoms with Gasteiger partial charge in [0.15, 0.2) is 0 Å². The Morgan fingerprint density at radius 1 is 1.07 bits per heavy atom. The van der Waals surface area contributed by atoms with Gasteiger partial charge in [-0.05, 0) is 52.9 Å². The maximum Gasteiger partial charge on any atom is 0.410 e. The van der Waals surface area contributed by atoms with Gasteiger partial charge in [-0.1, -0.05) is 12.8 Å². The Morgan fingerprint density at radius 3 is 2.44 bits per heavy atom. The van der Waals surface area contributed by atoms with E-state index in [1.165, 1.54) is 6.42 Å². The molecule has 27 heavy (non-hydrogen) atoms. The zero-order valence-electron chi connectivity index (χ0n) is 17.0. The summed E-state index contributed by atoms with van der Waals surface area (Å²) in [5, 5.41) is 3.12. The van der Waals surface area contributed by atoms with Crippen LogP contribution in [0.3, 0.4) is 0 Å². The first-order valence-electron chi connectivity index (χ1n) is 10.5. The number of rotatable bonds is 3. The summed E-state index contributed by atoms with van der Waals surface area (Å²) >= 11 is 0. The van der Waals surface area contributed by atoms with Crippen LogP contribution in [0.15, 0.2) is 0 Å². The first kappa shape index (κ1) is 20.2. The highest BCUT2D eigenvalue weighted by molar-refractivity contribution is 5.69. The first-order valence-corrected chi connectivity index (χ1v) is 10.5. The average molecular weight is 382 g/mol. The molecule has 2 aliphatic heterocycles. The molecule has 0 unspecified atom stereocenters. The molecule has 0 aromatic heterocycles. The van der Waals surface area contributed by atoms with Crippen LogP contribution in [0, 0.1) is 0 Å². The monoisotopic (exact) mass is 381 g/mol. The van der Waals surface area contributed by atoms with Crippen molar-refractivity contribution in [3.8, 4) is 0 Å². The van der Waals surface area contributed by atoms with Gasteiger partial charge in [-0.25, -0.2) is 9.59 Å². The van der Waals surface area contributed by atoms with Crippen LogP contribution in [0.25, 0.3) is 0 Å². The summed E-state index contributed by atoms with van der Waals surface area (Å²) < 4.78 is 10.7. The quantitative estimate of drug-likeness (QED) is 0.813. The van der Waals surface area contributed by atoms with E-state index in [-0.39, 0.29) is 24.3 Å². The lowest BCUT2D eigenvalue weighted by Gasteiger charge is -2.45. The second-order valence-corrected chi connectivity index (χ2v) is 9.03. The van der Waals surface area contributed by atoms with E-state index in [9.17, 15) is 9.59 Å². The van der Waals surface area contributed by atoms with Crippen LogP contribution in [0.5, 0.6) is 0 Å². The molecule has 2 atom stereocenters. The number of cyclic esters (lactones) is 1. The van der Waals surface area contributed by atoms with Gasteiger partial charge >= 0.3 is 12.2 Å². The summed E-state index contributed by atoms with van der Waals surface area (Å²) in [7, 11) is 0. The molecule has 3 rings (SSSR count). The minimum Gasteiger partial charge on any atom is -0.449 e. The maximum absolute atomic E-state index is 12.2. The molecule has 0 bridgehead atoms. The summed E-state index contributed by atoms with van der Waals surface area (Å²) in [6.45, 7) is 8.96. The highest BCUT2D eigenvalue weighted by Gasteiger charge is 2.36. The summed E-state index contributed by atoms with van der Waals surface area (Å²) in [5.74, 6) is 0. The van der Waals surface area contributed by atoms with Gasteiger partial charge in [-0.15, -0.1) is 0 Å². The second-order valence-electron chi connectivity index (χ2n) is 9.03. The Balaban J connectivity index is 1.53. The third kappa shape index (κ3) is 5.50. The van der Waals surface area contributed by atoms with Gasteiger partial charge < -0.3 is 19.7 Å². The summed E-state index contributed by atoms with van der Waals surface area (Å²) in [4.78, 5) is 28.7. The van der Waals surface area contributed by atoms with Crippen LogP contribution in [-0.4, -0.2) is 72.0 Å². The number of hydrogen-bond donors (Lipinski definition) is 1. The van der Waals surface area contributed by atoms with E-state index in [0.717, 1.165) is 58.2 Å². The van der Waals surface area contributed by atoms with Crippen molar-refractivity contribution >= 4 is 12.2 Å². The molecule has 7 nitrogen and oxygen atoms in total. The third-order valence-electron chi connectivity index (χ3n) is 5.84. The van der Waals surface area contributed by atoms with Crippen LogP contribution < -0.4 is 5.32 Å². The lowest BCUT2D eigenvalue weighted by molar-refractivity contribution is 0.0191. The Morgan fingerprint density at radius 2 is 1.78 bits per heavy atom. The normalized spacial score (nSPS) is 28.6. The Kier molecular flexibility index (Phi) is 6.50. The van der Waals surface area contributed by atoms with Gasteiger partial charge in [-0.2, -0.15) is 0 Å². The lowest BCUT2D eigenvalue weighted by atomic mass is 9.87. The Bertz CT molecular complexity index is 526. The van der Waals surface area contributed by atoms with Crippen molar-refractivity contribution in [1.29, 1.82) is 0 Å². The molecule has 1 saturated carbocycles. The molecule has 3 fully saturated rings. The maximum atomic E-state index is 12.2. The number of carbonyl (C=O) groups excluding carboxylic acids is 2. The van der Waals surface area contributed by atoms with Crippen molar-refractivity contribution in [3.63, 3.8) is 0 Å². The molecular formula is C20H35N3O4. The molecule has 2 heterocycles. The molecule has 0 aromatic rings. The zero-order valence-corrected chi connectivity index (χ0v) is 17.0. The fourth-order valence-electron chi connectivity index (χ4n) is 4.61. The minimum absolute atomic E-state index is 0.144. The van der Waals surface area contributed by atoms with Crippen molar-refractivity contribution < 1.29 is 19.1 Å². The highest BCUT2D eigenvalue weighted by atomic mass is 16.6. The molecular weight excluding hydrogens is 346 g/mol. The fraction of sp³-hybridized carbons (Fsp3) is 0.900. The van der Waals surface area contributed by atoms with E-state index >= 15 is 0 Å². The van der Waals surface area contributed by atoms with Crippen molar-refractivity contribution in [2.45, 2.75) is 89.4 Å². The van der Waals surface area contributed by atoms with Crippen LogP contribution in [0.4, 0.5) is 9.59 Å². The van der Waals surface area contributed by atoms with E-state index in [1.807, 2.05) is 25.7 Å². The number of alkyl carbamates (subject to hydrolysis) is 1. The van der Waals surface area contributed by atoms with Crippen molar-refractivity contribution in [2.75, 3.05) is 26.2 Å². The van der Waals surface area contributed by atoms with Gasteiger partial charge in [0.05, 0.1) is 6.61 Å². The van der Waals surface area contributed by atoms with Gasteiger partial charge in [0.1, 0.15) is 5.60 Å². The molecule has 1 aliphatic carbocycles. The average Bonchev–Trinajstić information content (AvgIpc) is 2.61. The number of carbonyl (C=O) groups is 2. The number of nitrogens with zero attached hydrogens (tertiary/aromatic N) is 2. The molecule has 0 spiro atoms. The van der Waals surface area contributed by atoms with Crippen molar-refractivity contribution in [3.05, 3.63) is 0 Å². The summed E-state index contributed by atoms with van der Waals surface area (Å²) in [6.07, 6.45) is 6.88. The summed E-state index contributed by atoms with van der Waals surface area (Å²) in [5.41, 5.74) is -0.477. The molecule has 2 amide bonds. The Hall–Kier alpha value is -1.50. The van der Waals surface area contributed by atoms with Gasteiger partial charge in [0.2, 0.25) is 0 Å². The Labute approximate surface area is 162 Å². The van der Waals surface area contributed by atoms with Crippen LogP contribution >= 0.6 is 0 Å². The van der Waals surface area contributed by atoms with Crippen molar-refractivity contribution in [2.24, 2.45) is 0 Å². The predicted octanol–water partition coefficient (Wildman–Crippen LogP) is 3.13. The van der Waals surface area contributed by atoms with Gasteiger partial charge in [-0.3, -0.25) is 4.90 Å². The predicted molar refractivity (Wildman–Crippen MR) is 103 cm³/mol. The molecule has 154 valence electrons. The molecule has 3 aliphatic rings. The van der Waals surface area contributed by atoms with Crippen LogP contribution in [0.1, 0.15) is 65.7 Å². The topological polar surface area (TPSA) is 71.1 Å². The summed E-state index contributed by atoms with van der Waals surface area (Å²) in [6, 6.07) is 0.792. The molecule has 2 saturated heterocycles. The fourth-order valence-corrected chi connectivity index (χ4v) is 4.61. The standard InChI is InChI=1S/C20H35N3O4/c1-20(2,3)27-18(24)21-16-7-4-5-8-17(16)22-12-9-15(10-13-22)23-11-6-14-26-19(23)25/h15-17H,4-14H2,1-3H3,(H,21,24)/t16-,17-/m0/s1. The van der Waals surface area contributed by atoms with E-state index in [0.29, 0.717) is 12.6 Å². The van der Waals surface area contributed by atoms with E-state index in [4.69, 9.17) is 9.47 Å².